The molecule has 46 heavy (non-hydrogen) atoms. The summed E-state index contributed by atoms with van der Waals surface area (Å²) < 4.78 is 46.4. The van der Waals surface area contributed by atoms with Crippen molar-refractivity contribution in [3.63, 3.8) is 0 Å². The number of benzene rings is 3. The Kier molecular flexibility index (Phi) is 7.25. The van der Waals surface area contributed by atoms with E-state index in [4.69, 9.17) is 11.3 Å². The van der Waals surface area contributed by atoms with Gasteiger partial charge in [-0.25, -0.2) is 0 Å². The van der Waals surface area contributed by atoms with Crippen LogP contribution >= 0.6 is 0 Å². The van der Waals surface area contributed by atoms with Crippen LogP contribution in [0.15, 0.2) is 108 Å². The molecule has 0 fully saturated rings. The van der Waals surface area contributed by atoms with Crippen molar-refractivity contribution in [3.8, 4) is 33.6 Å². The molecule has 0 atom stereocenters. The van der Waals surface area contributed by atoms with Crippen molar-refractivity contribution in [1.29, 1.82) is 0 Å². The molecule has 0 bridgehead atoms. The second-order valence-electron chi connectivity index (χ2n) is 11.8. The maximum Gasteiger partial charge on any atom is 0.0166 e. The van der Waals surface area contributed by atoms with Crippen LogP contribution in [0.25, 0.3) is 66.5 Å². The Hall–Kier alpha value is -4.58. The molecule has 0 aliphatic carbocycles. The molecule has 0 aliphatic heterocycles. The van der Waals surface area contributed by atoms with Gasteiger partial charge in [0.25, 0.3) is 0 Å². The zero-order chi connectivity index (χ0) is 35.3. The molecule has 0 spiro atoms. The first-order valence-electron chi connectivity index (χ1n) is 17.1. The summed E-state index contributed by atoms with van der Waals surface area (Å²) >= 11 is 0. The fraction of sp³-hybridized carbons (Fsp3) is 0.154. The van der Waals surface area contributed by atoms with E-state index in [2.05, 4.69) is 50.2 Å². The predicted molar refractivity (Wildman–Crippen MR) is 183 cm³/mol. The molecule has 227 valence electrons. The van der Waals surface area contributed by atoms with Gasteiger partial charge in [0.1, 0.15) is 0 Å². The first kappa shape index (κ1) is 25.6. The molecule has 5 aromatic heterocycles. The number of hydrogen-bond donors (Lipinski definition) is 0. The van der Waals surface area contributed by atoms with Crippen LogP contribution in [0.3, 0.4) is 0 Å². The largest absolute Gasteiger partial charge is 0.305 e. The monoisotopic (exact) mass is 780 g/mol. The van der Waals surface area contributed by atoms with Crippen LogP contribution in [0.5, 0.6) is 0 Å². The predicted octanol–water partition coefficient (Wildman–Crippen LogP) is 9.28. The Labute approximate surface area is 290 Å². The zero-order valence-electron chi connectivity index (χ0n) is 30.4. The topological polar surface area (TPSA) is 64.7 Å². The average Bonchev–Trinajstić information content (AvgIpc) is 3.51. The van der Waals surface area contributed by atoms with Crippen molar-refractivity contribution in [2.75, 3.05) is 0 Å². The van der Waals surface area contributed by atoms with Crippen LogP contribution in [0.4, 0.5) is 0 Å². The Bertz CT molecular complexity index is 2390. The molecule has 0 aliphatic rings. The molecule has 8 rings (SSSR count). The summed E-state index contributed by atoms with van der Waals surface area (Å²) in [5.74, 6) is 0. The van der Waals surface area contributed by atoms with Gasteiger partial charge in [-0.1, -0.05) is 36.4 Å². The first-order valence-corrected chi connectivity index (χ1v) is 14.6. The third kappa shape index (κ3) is 6.53. The molecule has 1 radical (unpaired) electrons. The fourth-order valence-corrected chi connectivity index (χ4v) is 5.37. The minimum atomic E-state index is -2.39. The summed E-state index contributed by atoms with van der Waals surface area (Å²) in [6, 6.07) is 35.4. The third-order valence-electron chi connectivity index (χ3n) is 7.26. The minimum Gasteiger partial charge on any atom is -0.305 e. The van der Waals surface area contributed by atoms with E-state index < -0.39 is 18.6 Å². The van der Waals surface area contributed by atoms with E-state index in [0.29, 0.717) is 33.3 Å². The maximum atomic E-state index is 8.61. The zero-order valence-corrected chi connectivity index (χ0v) is 27.8. The Morgan fingerprint density at radius 1 is 0.870 bits per heavy atom. The number of nitrogens with zero attached hydrogens (tertiary/aromatic N) is 4. The number of rotatable bonds is 4. The van der Waals surface area contributed by atoms with Gasteiger partial charge in [0, 0.05) is 26.3 Å². The van der Waals surface area contributed by atoms with Crippen molar-refractivity contribution in [1.82, 2.24) is 19.8 Å². The standard InChI is InChI=1S/C22H19BN3O.C17H12N.Ir/c1-12-9-17-19-18-15(23-26-17)6-5-14(20(18)27-21(19)25-12)16-10-13(7-8-24-16)11-22(2,3)4;1-3-7-14(8-4-1)16-11-12-18-17(13-16)15-9-5-2-6-10-15;/h6-10H,11H2,1-4H3;1-9,11-13H;/q2*-1;/i1D3,11D2;;. The Balaban J connectivity index is 0.000000200. The molecule has 5 nitrogen and oxygen atoms in total. The van der Waals surface area contributed by atoms with Crippen LogP contribution in [0, 0.1) is 24.4 Å². The van der Waals surface area contributed by atoms with E-state index in [-0.39, 0.29) is 31.5 Å². The van der Waals surface area contributed by atoms with Gasteiger partial charge in [-0.05, 0) is 22.9 Å². The van der Waals surface area contributed by atoms with E-state index in [1.54, 1.807) is 31.4 Å². The first-order chi connectivity index (χ1) is 23.8. The molecule has 0 saturated heterocycles. The number of aryl methyl sites for hydroxylation is 1. The summed E-state index contributed by atoms with van der Waals surface area (Å²) in [7, 11) is 1.66. The maximum absolute atomic E-state index is 8.61. The number of aromatic nitrogens is 4. The minimum absolute atomic E-state index is 0. The van der Waals surface area contributed by atoms with E-state index in [0.717, 1.165) is 21.9 Å². The molecule has 3 aromatic carbocycles. The molecule has 0 amide bonds. The second kappa shape index (κ2) is 13.0. The smallest absolute Gasteiger partial charge is 0.0166 e. The van der Waals surface area contributed by atoms with E-state index in [1.165, 1.54) is 17.2 Å². The van der Waals surface area contributed by atoms with Crippen LogP contribution in [0.2, 0.25) is 0 Å². The van der Waals surface area contributed by atoms with Gasteiger partial charge in [0.2, 0.25) is 0 Å². The van der Waals surface area contributed by atoms with E-state index >= 15 is 0 Å². The molecular formula is C39H31BIrN4O-2. The summed E-state index contributed by atoms with van der Waals surface area (Å²) in [5, 5.41) is 2.22. The van der Waals surface area contributed by atoms with Crippen LogP contribution in [-0.2, 0) is 26.5 Å². The van der Waals surface area contributed by atoms with Crippen molar-refractivity contribution < 1.29 is 31.4 Å². The molecule has 0 N–H and O–H groups in total. The molecule has 0 saturated carbocycles. The Morgan fingerprint density at radius 3 is 2.46 bits per heavy atom. The summed E-state index contributed by atoms with van der Waals surface area (Å²) in [6.07, 6.45) is 1.84. The van der Waals surface area contributed by atoms with Crippen LogP contribution in [-0.4, -0.2) is 26.9 Å². The van der Waals surface area contributed by atoms with E-state index in [9.17, 15) is 0 Å². The quantitative estimate of drug-likeness (QED) is 0.132. The van der Waals surface area contributed by atoms with Crippen molar-refractivity contribution in [2.45, 2.75) is 34.0 Å². The SMILES string of the molecule is [2H]C([2H])([2H])c1cc2nbc3c[c-]c(-c4cc(C([2H])([2H])C(C)(C)C)ccn4)c4oc(n1)c2c34.[Ir].[c-]1ccccc1-c1cc(-c2ccccc2)ccn1. The number of pyridine rings is 3. The average molecular weight is 780 g/mol. The van der Waals surface area contributed by atoms with Gasteiger partial charge < -0.3 is 4.98 Å². The van der Waals surface area contributed by atoms with Crippen molar-refractivity contribution in [2.24, 2.45) is 5.41 Å². The number of hydrogen-bond acceptors (Lipinski definition) is 5. The number of furan rings is 1. The normalized spacial score (nSPS) is 13.5. The van der Waals surface area contributed by atoms with Crippen molar-refractivity contribution in [3.05, 3.63) is 127 Å². The van der Waals surface area contributed by atoms with Gasteiger partial charge in [-0.3, -0.25) is 0 Å². The summed E-state index contributed by atoms with van der Waals surface area (Å²) in [4.78, 5) is 17.5. The van der Waals surface area contributed by atoms with Gasteiger partial charge in [0.05, 0.1) is 0 Å². The molecule has 0 unspecified atom stereocenters. The molecule has 7 heteroatoms. The van der Waals surface area contributed by atoms with Crippen LogP contribution in [0.1, 0.15) is 38.9 Å². The van der Waals surface area contributed by atoms with Gasteiger partial charge in [0.15, 0.2) is 0 Å². The van der Waals surface area contributed by atoms with Gasteiger partial charge >= 0.3 is 165 Å². The van der Waals surface area contributed by atoms with Crippen LogP contribution < -0.4 is 0 Å². The molecule has 5 heterocycles. The summed E-state index contributed by atoms with van der Waals surface area (Å²) in [5.41, 5.74) is 6.42. The molecular weight excluding hydrogens is 743 g/mol. The second-order valence-corrected chi connectivity index (χ2v) is 11.8. The van der Waals surface area contributed by atoms with Gasteiger partial charge in [-0.15, -0.1) is 35.9 Å². The Morgan fingerprint density at radius 2 is 1.67 bits per heavy atom. The fourth-order valence-electron chi connectivity index (χ4n) is 5.37. The van der Waals surface area contributed by atoms with Crippen molar-refractivity contribution >= 4 is 39.9 Å². The third-order valence-corrected chi connectivity index (χ3v) is 7.26. The summed E-state index contributed by atoms with van der Waals surface area (Å²) in [6.45, 7) is 3.18. The van der Waals surface area contributed by atoms with Gasteiger partial charge in [-0.2, -0.15) is 0 Å². The molecule has 8 aromatic rings. The van der Waals surface area contributed by atoms with E-state index in [1.807, 2.05) is 75.5 Å².